The van der Waals surface area contributed by atoms with E-state index in [0.29, 0.717) is 35.8 Å². The van der Waals surface area contributed by atoms with Gasteiger partial charge in [-0.15, -0.1) is 0 Å². The fourth-order valence-electron chi connectivity index (χ4n) is 4.06. The Hall–Kier alpha value is -3.62. The van der Waals surface area contributed by atoms with Gasteiger partial charge in [0.05, 0.1) is 10.6 Å². The lowest BCUT2D eigenvalue weighted by molar-refractivity contribution is 0.0772. The molecular formula is C25H21ClN4O3S. The molecule has 2 N–H and O–H groups in total. The lowest BCUT2D eigenvalue weighted by Crippen LogP contribution is -2.34. The van der Waals surface area contributed by atoms with Crippen LogP contribution < -0.4 is 4.72 Å². The number of hydrogen-bond acceptors (Lipinski definition) is 4. The van der Waals surface area contributed by atoms with Gasteiger partial charge in [0.15, 0.2) is 0 Å². The number of benzene rings is 2. The van der Waals surface area contributed by atoms with Crippen molar-refractivity contribution in [2.75, 3.05) is 17.8 Å². The fraction of sp³-hybridized carbons (Fsp3) is 0.120. The average molecular weight is 493 g/mol. The van der Waals surface area contributed by atoms with Crippen molar-refractivity contribution in [1.82, 2.24) is 14.9 Å². The third-order valence-corrected chi connectivity index (χ3v) is 7.38. The smallest absolute Gasteiger partial charge is 0.261 e. The largest absolute Gasteiger partial charge is 0.346 e. The molecule has 1 aliphatic heterocycles. The minimum atomic E-state index is -3.88. The summed E-state index contributed by atoms with van der Waals surface area (Å²) in [5, 5.41) is 1.48. The number of halogens is 1. The Labute approximate surface area is 202 Å². The second kappa shape index (κ2) is 8.96. The molecule has 9 heteroatoms. The first-order valence-corrected chi connectivity index (χ1v) is 12.6. The Morgan fingerprint density at radius 3 is 2.74 bits per heavy atom. The molecule has 7 nitrogen and oxygen atoms in total. The van der Waals surface area contributed by atoms with E-state index in [1.165, 1.54) is 18.2 Å². The summed E-state index contributed by atoms with van der Waals surface area (Å²) in [5.74, 6) is -0.212. The zero-order valence-electron chi connectivity index (χ0n) is 18.0. The van der Waals surface area contributed by atoms with E-state index >= 15 is 0 Å². The number of aromatic amines is 1. The van der Waals surface area contributed by atoms with Gasteiger partial charge in [-0.3, -0.25) is 9.52 Å². The lowest BCUT2D eigenvalue weighted by atomic mass is 9.99. The molecule has 2 aromatic heterocycles. The molecule has 5 rings (SSSR count). The fourth-order valence-corrected chi connectivity index (χ4v) is 5.35. The highest BCUT2D eigenvalue weighted by atomic mass is 35.5. The van der Waals surface area contributed by atoms with Crippen molar-refractivity contribution in [1.29, 1.82) is 0 Å². The summed E-state index contributed by atoms with van der Waals surface area (Å²) in [5.41, 5.74) is 3.76. The summed E-state index contributed by atoms with van der Waals surface area (Å²) >= 11 is 5.95. The molecule has 0 bridgehead atoms. The number of carbonyl (C=O) groups is 1. The highest BCUT2D eigenvalue weighted by molar-refractivity contribution is 7.92. The van der Waals surface area contributed by atoms with Crippen LogP contribution in [0.2, 0.25) is 5.02 Å². The second-order valence-corrected chi connectivity index (χ2v) is 10.1. The van der Waals surface area contributed by atoms with Crippen molar-refractivity contribution >= 4 is 49.8 Å². The monoisotopic (exact) mass is 492 g/mol. The van der Waals surface area contributed by atoms with Crippen molar-refractivity contribution in [2.24, 2.45) is 0 Å². The number of carbonyl (C=O) groups excluding carboxylic acids is 1. The van der Waals surface area contributed by atoms with Crippen LogP contribution in [0.1, 0.15) is 22.3 Å². The molecule has 34 heavy (non-hydrogen) atoms. The summed E-state index contributed by atoms with van der Waals surface area (Å²) in [6.07, 6.45) is 6.43. The number of amides is 1. The number of rotatable bonds is 5. The first kappa shape index (κ1) is 22.2. The highest BCUT2D eigenvalue weighted by Crippen LogP contribution is 2.29. The van der Waals surface area contributed by atoms with Crippen LogP contribution in [0.15, 0.2) is 84.0 Å². The van der Waals surface area contributed by atoms with Crippen LogP contribution in [0.4, 0.5) is 5.69 Å². The maximum atomic E-state index is 13.1. The van der Waals surface area contributed by atoms with Gasteiger partial charge < -0.3 is 9.88 Å². The molecule has 0 atom stereocenters. The van der Waals surface area contributed by atoms with Gasteiger partial charge in [0.25, 0.3) is 15.9 Å². The molecule has 172 valence electrons. The molecule has 0 saturated heterocycles. The van der Waals surface area contributed by atoms with E-state index < -0.39 is 10.0 Å². The molecule has 0 saturated carbocycles. The van der Waals surface area contributed by atoms with Gasteiger partial charge in [-0.25, -0.2) is 13.4 Å². The quantitative estimate of drug-likeness (QED) is 0.412. The third-order valence-electron chi connectivity index (χ3n) is 5.76. The Morgan fingerprint density at radius 2 is 1.94 bits per heavy atom. The summed E-state index contributed by atoms with van der Waals surface area (Å²) in [7, 11) is -3.88. The number of fused-ring (bicyclic) bond motifs is 1. The number of nitrogens with zero attached hydrogens (tertiary/aromatic N) is 2. The second-order valence-electron chi connectivity index (χ2n) is 7.98. The van der Waals surface area contributed by atoms with E-state index in [0.717, 1.165) is 22.2 Å². The van der Waals surface area contributed by atoms with Crippen LogP contribution in [0.25, 0.3) is 16.6 Å². The van der Waals surface area contributed by atoms with Crippen molar-refractivity contribution in [3.63, 3.8) is 0 Å². The predicted molar refractivity (Wildman–Crippen MR) is 133 cm³/mol. The van der Waals surface area contributed by atoms with Crippen molar-refractivity contribution < 1.29 is 13.2 Å². The third kappa shape index (κ3) is 4.42. The van der Waals surface area contributed by atoms with Crippen molar-refractivity contribution in [3.05, 3.63) is 95.3 Å². The molecule has 0 aliphatic carbocycles. The first-order valence-electron chi connectivity index (χ1n) is 10.7. The lowest BCUT2D eigenvalue weighted by Gasteiger charge is -2.26. The van der Waals surface area contributed by atoms with E-state index in [2.05, 4.69) is 14.7 Å². The first-order chi connectivity index (χ1) is 16.4. The van der Waals surface area contributed by atoms with Crippen LogP contribution >= 0.6 is 11.6 Å². The zero-order valence-corrected chi connectivity index (χ0v) is 19.6. The van der Waals surface area contributed by atoms with Gasteiger partial charge in [0.2, 0.25) is 0 Å². The molecule has 4 aromatic rings. The number of hydrogen-bond donors (Lipinski definition) is 2. The summed E-state index contributed by atoms with van der Waals surface area (Å²) in [4.78, 5) is 22.4. The molecule has 0 fully saturated rings. The Balaban J connectivity index is 1.33. The van der Waals surface area contributed by atoms with Crippen LogP contribution in [0, 0.1) is 0 Å². The van der Waals surface area contributed by atoms with E-state index in [-0.39, 0.29) is 10.8 Å². The number of pyridine rings is 1. The maximum absolute atomic E-state index is 13.1. The molecule has 0 radical (unpaired) electrons. The molecule has 1 amide bonds. The number of aromatic nitrogens is 2. The van der Waals surface area contributed by atoms with Crippen LogP contribution in [-0.2, 0) is 10.0 Å². The molecular weight excluding hydrogens is 472 g/mol. The molecule has 1 aliphatic rings. The van der Waals surface area contributed by atoms with Gasteiger partial charge in [-0.2, -0.15) is 0 Å². The minimum absolute atomic E-state index is 0.0119. The topological polar surface area (TPSA) is 95.2 Å². The van der Waals surface area contributed by atoms with Gasteiger partial charge in [0, 0.05) is 47.0 Å². The van der Waals surface area contributed by atoms with Gasteiger partial charge in [-0.05, 0) is 60.5 Å². The maximum Gasteiger partial charge on any atom is 0.261 e. The molecule has 2 aromatic carbocycles. The molecule has 0 spiro atoms. The van der Waals surface area contributed by atoms with Crippen LogP contribution in [-0.4, -0.2) is 42.3 Å². The summed E-state index contributed by atoms with van der Waals surface area (Å²) in [6, 6.07) is 16.4. The standard InChI is InChI=1S/C25H21ClN4O3S/c26-19-5-2-6-20(15-19)29-34(32,33)21-7-1-4-18(14-21)25(31)30-12-9-17(10-13-30)23-16-28-24-22(23)8-3-11-27-24/h1-9,11,14-16,29H,10,12-13H2,(H,27,28). The number of sulfonamides is 1. The summed E-state index contributed by atoms with van der Waals surface area (Å²) < 4.78 is 28.2. The Morgan fingerprint density at radius 1 is 1.09 bits per heavy atom. The van der Waals surface area contributed by atoms with Gasteiger partial charge in [-0.1, -0.05) is 29.8 Å². The normalized spacial score (nSPS) is 14.1. The minimum Gasteiger partial charge on any atom is -0.346 e. The number of H-pyrrole nitrogens is 1. The molecule has 3 heterocycles. The Kier molecular flexibility index (Phi) is 5.85. The number of anilines is 1. The zero-order chi connectivity index (χ0) is 23.7. The summed E-state index contributed by atoms with van der Waals surface area (Å²) in [6.45, 7) is 0.980. The van der Waals surface area contributed by atoms with E-state index in [9.17, 15) is 13.2 Å². The van der Waals surface area contributed by atoms with Crippen molar-refractivity contribution in [3.8, 4) is 0 Å². The SMILES string of the molecule is O=C(c1cccc(S(=O)(=O)Nc2cccc(Cl)c2)c1)N1CC=C(c2c[nH]c3ncccc23)CC1. The van der Waals surface area contributed by atoms with Crippen LogP contribution in [0.3, 0.4) is 0 Å². The van der Waals surface area contributed by atoms with E-state index in [1.54, 1.807) is 41.4 Å². The van der Waals surface area contributed by atoms with E-state index in [1.807, 2.05) is 24.4 Å². The average Bonchev–Trinajstić information content (AvgIpc) is 3.28. The Bertz CT molecular complexity index is 1530. The van der Waals surface area contributed by atoms with Gasteiger partial charge >= 0.3 is 0 Å². The highest BCUT2D eigenvalue weighted by Gasteiger charge is 2.23. The van der Waals surface area contributed by atoms with Gasteiger partial charge in [0.1, 0.15) is 5.65 Å². The van der Waals surface area contributed by atoms with E-state index in [4.69, 9.17) is 11.6 Å². The molecule has 0 unspecified atom stereocenters. The number of nitrogens with one attached hydrogen (secondary N) is 2. The predicted octanol–water partition coefficient (Wildman–Crippen LogP) is 4.95. The van der Waals surface area contributed by atoms with Crippen molar-refractivity contribution in [2.45, 2.75) is 11.3 Å². The van der Waals surface area contributed by atoms with Crippen LogP contribution in [0.5, 0.6) is 0 Å².